The lowest BCUT2D eigenvalue weighted by atomic mass is 10.3. The van der Waals surface area contributed by atoms with Gasteiger partial charge >= 0.3 is 0 Å². The molecule has 0 amide bonds. The SMILES string of the molecule is O=c1cc[c]nn1-c1ccccc1. The van der Waals surface area contributed by atoms with E-state index >= 15 is 0 Å². The Bertz CT molecular complexity index is 448. The summed E-state index contributed by atoms with van der Waals surface area (Å²) < 4.78 is 1.31. The zero-order chi connectivity index (χ0) is 9.10. The van der Waals surface area contributed by atoms with Crippen molar-refractivity contribution in [2.45, 2.75) is 0 Å². The smallest absolute Gasteiger partial charge is 0.267 e. The summed E-state index contributed by atoms with van der Waals surface area (Å²) >= 11 is 0. The van der Waals surface area contributed by atoms with Gasteiger partial charge in [-0.25, -0.2) is 0 Å². The highest BCUT2D eigenvalue weighted by molar-refractivity contribution is 5.29. The molecule has 0 N–H and O–H groups in total. The molecule has 1 aromatic heterocycles. The maximum atomic E-state index is 11.3. The predicted octanol–water partition coefficient (Wildman–Crippen LogP) is 1.03. The average Bonchev–Trinajstić information content (AvgIpc) is 2.20. The van der Waals surface area contributed by atoms with E-state index in [1.54, 1.807) is 0 Å². The quantitative estimate of drug-likeness (QED) is 0.642. The number of benzene rings is 1. The normalized spacial score (nSPS) is 9.85. The first-order valence-electron chi connectivity index (χ1n) is 3.90. The maximum Gasteiger partial charge on any atom is 0.271 e. The van der Waals surface area contributed by atoms with Crippen molar-refractivity contribution in [3.63, 3.8) is 0 Å². The largest absolute Gasteiger partial charge is 0.271 e. The molecule has 0 atom stereocenters. The highest BCUT2D eigenvalue weighted by Crippen LogP contribution is 2.00. The molecule has 2 rings (SSSR count). The summed E-state index contributed by atoms with van der Waals surface area (Å²) in [5.74, 6) is 0. The molecule has 0 fully saturated rings. The number of hydrogen-bond acceptors (Lipinski definition) is 2. The molecule has 0 saturated heterocycles. The molecule has 63 valence electrons. The molecule has 2 aromatic rings. The van der Waals surface area contributed by atoms with E-state index in [1.165, 1.54) is 16.8 Å². The molecule has 0 spiro atoms. The second-order valence-corrected chi connectivity index (χ2v) is 2.55. The molecule has 1 heterocycles. The van der Waals surface area contributed by atoms with Crippen molar-refractivity contribution in [2.24, 2.45) is 0 Å². The minimum Gasteiger partial charge on any atom is -0.267 e. The van der Waals surface area contributed by atoms with Crippen LogP contribution in [-0.4, -0.2) is 9.78 Å². The van der Waals surface area contributed by atoms with Crippen LogP contribution < -0.4 is 5.56 Å². The van der Waals surface area contributed by atoms with Crippen LogP contribution >= 0.6 is 0 Å². The summed E-state index contributed by atoms with van der Waals surface area (Å²) in [6.07, 6.45) is 2.61. The van der Waals surface area contributed by atoms with Gasteiger partial charge in [-0.05, 0) is 18.2 Å². The first-order valence-corrected chi connectivity index (χ1v) is 3.90. The standard InChI is InChI=1S/C10H7N2O/c13-10-7-4-8-11-12(10)9-5-2-1-3-6-9/h1-7H. The van der Waals surface area contributed by atoms with E-state index < -0.39 is 0 Å². The molecule has 0 bridgehead atoms. The molecule has 0 aliphatic carbocycles. The molecule has 0 unspecified atom stereocenters. The second kappa shape index (κ2) is 3.23. The number of para-hydroxylation sites is 1. The highest BCUT2D eigenvalue weighted by atomic mass is 16.1. The molecule has 1 radical (unpaired) electrons. The summed E-state index contributed by atoms with van der Waals surface area (Å²) in [6, 6.07) is 12.2. The van der Waals surface area contributed by atoms with E-state index in [1.807, 2.05) is 30.3 Å². The first kappa shape index (κ1) is 7.73. The lowest BCUT2D eigenvalue weighted by Gasteiger charge is -2.00. The zero-order valence-corrected chi connectivity index (χ0v) is 6.84. The van der Waals surface area contributed by atoms with Crippen molar-refractivity contribution < 1.29 is 0 Å². The topological polar surface area (TPSA) is 34.9 Å². The van der Waals surface area contributed by atoms with Crippen LogP contribution in [0, 0.1) is 6.20 Å². The third-order valence-electron chi connectivity index (χ3n) is 1.67. The Kier molecular flexibility index (Phi) is 1.92. The van der Waals surface area contributed by atoms with E-state index in [0.717, 1.165) is 5.69 Å². The molecule has 13 heavy (non-hydrogen) atoms. The van der Waals surface area contributed by atoms with E-state index in [9.17, 15) is 4.79 Å². The minimum absolute atomic E-state index is 0.148. The number of nitrogens with zero attached hydrogens (tertiary/aromatic N) is 2. The zero-order valence-electron chi connectivity index (χ0n) is 6.84. The van der Waals surface area contributed by atoms with Gasteiger partial charge in [0.2, 0.25) is 0 Å². The minimum atomic E-state index is -0.148. The fraction of sp³-hybridized carbons (Fsp3) is 0. The van der Waals surface area contributed by atoms with Gasteiger partial charge in [-0.1, -0.05) is 18.2 Å². The van der Waals surface area contributed by atoms with Crippen LogP contribution in [0.1, 0.15) is 0 Å². The Hall–Kier alpha value is -1.90. The molecule has 0 saturated carbocycles. The van der Waals surface area contributed by atoms with Gasteiger partial charge in [0, 0.05) is 6.07 Å². The Balaban J connectivity index is 2.60. The average molecular weight is 171 g/mol. The van der Waals surface area contributed by atoms with Crippen molar-refractivity contribution in [2.75, 3.05) is 0 Å². The van der Waals surface area contributed by atoms with Gasteiger partial charge in [0.15, 0.2) is 0 Å². The predicted molar refractivity (Wildman–Crippen MR) is 48.7 cm³/mol. The van der Waals surface area contributed by atoms with Gasteiger partial charge in [0.05, 0.1) is 5.69 Å². The van der Waals surface area contributed by atoms with Crippen LogP contribution in [0.25, 0.3) is 5.69 Å². The maximum absolute atomic E-state index is 11.3. The van der Waals surface area contributed by atoms with E-state index in [-0.39, 0.29) is 5.56 Å². The molecule has 0 aliphatic heterocycles. The number of aromatic nitrogens is 2. The van der Waals surface area contributed by atoms with Gasteiger partial charge in [-0.3, -0.25) is 4.79 Å². The molecule has 3 nitrogen and oxygen atoms in total. The highest BCUT2D eigenvalue weighted by Gasteiger charge is 1.96. The molecule has 3 heteroatoms. The fourth-order valence-corrected chi connectivity index (χ4v) is 1.07. The Labute approximate surface area is 75.3 Å². The van der Waals surface area contributed by atoms with Gasteiger partial charge in [0.1, 0.15) is 6.20 Å². The Morgan fingerprint density at radius 2 is 1.92 bits per heavy atom. The Morgan fingerprint density at radius 3 is 2.62 bits per heavy atom. The third kappa shape index (κ3) is 1.49. The second-order valence-electron chi connectivity index (χ2n) is 2.55. The van der Waals surface area contributed by atoms with Gasteiger partial charge in [-0.2, -0.15) is 9.78 Å². The van der Waals surface area contributed by atoms with Crippen molar-refractivity contribution >= 4 is 0 Å². The van der Waals surface area contributed by atoms with Crippen molar-refractivity contribution in [1.29, 1.82) is 0 Å². The van der Waals surface area contributed by atoms with E-state index in [2.05, 4.69) is 11.3 Å². The summed E-state index contributed by atoms with van der Waals surface area (Å²) in [7, 11) is 0. The lowest BCUT2D eigenvalue weighted by molar-refractivity contribution is 0.802. The summed E-state index contributed by atoms with van der Waals surface area (Å²) in [5.41, 5.74) is 0.606. The monoisotopic (exact) mass is 171 g/mol. The number of rotatable bonds is 1. The van der Waals surface area contributed by atoms with Crippen LogP contribution in [0.5, 0.6) is 0 Å². The number of hydrogen-bond donors (Lipinski definition) is 0. The molecule has 0 aliphatic rings. The van der Waals surface area contributed by atoms with Crippen molar-refractivity contribution in [3.8, 4) is 5.69 Å². The first-order chi connectivity index (χ1) is 6.38. The van der Waals surface area contributed by atoms with Crippen LogP contribution in [0.2, 0.25) is 0 Å². The van der Waals surface area contributed by atoms with E-state index in [4.69, 9.17) is 0 Å². The fourth-order valence-electron chi connectivity index (χ4n) is 1.07. The summed E-state index contributed by atoms with van der Waals surface area (Å²) in [5, 5.41) is 3.83. The van der Waals surface area contributed by atoms with Crippen LogP contribution in [0.15, 0.2) is 47.3 Å². The Morgan fingerprint density at radius 1 is 1.15 bits per heavy atom. The molecular formula is C10H7N2O. The van der Waals surface area contributed by atoms with Crippen molar-refractivity contribution in [3.05, 3.63) is 59.0 Å². The van der Waals surface area contributed by atoms with Crippen LogP contribution in [0.3, 0.4) is 0 Å². The van der Waals surface area contributed by atoms with Gasteiger partial charge < -0.3 is 0 Å². The van der Waals surface area contributed by atoms with Crippen LogP contribution in [-0.2, 0) is 0 Å². The summed E-state index contributed by atoms with van der Waals surface area (Å²) in [4.78, 5) is 11.3. The van der Waals surface area contributed by atoms with Gasteiger partial charge in [0.25, 0.3) is 5.56 Å². The third-order valence-corrected chi connectivity index (χ3v) is 1.67. The van der Waals surface area contributed by atoms with Crippen LogP contribution in [0.4, 0.5) is 0 Å². The van der Waals surface area contributed by atoms with E-state index in [0.29, 0.717) is 0 Å². The lowest BCUT2D eigenvalue weighted by Crippen LogP contribution is -2.18. The van der Waals surface area contributed by atoms with Gasteiger partial charge in [-0.15, -0.1) is 0 Å². The molecule has 1 aromatic carbocycles. The molecular weight excluding hydrogens is 164 g/mol. The van der Waals surface area contributed by atoms with Crippen molar-refractivity contribution in [1.82, 2.24) is 9.78 Å². The summed E-state index contributed by atoms with van der Waals surface area (Å²) in [6.45, 7) is 0.